The molecule has 5 aromatic rings. The number of rotatable bonds is 5. The molecule has 0 saturated carbocycles. The van der Waals surface area contributed by atoms with Crippen LogP contribution < -0.4 is 10.6 Å². The first-order chi connectivity index (χ1) is 15.2. The van der Waals surface area contributed by atoms with E-state index < -0.39 is 0 Å². The molecule has 0 saturated heterocycles. The Labute approximate surface area is 190 Å². The third-order valence-electron chi connectivity index (χ3n) is 4.53. The first kappa shape index (κ1) is 19.6. The van der Waals surface area contributed by atoms with E-state index in [0.29, 0.717) is 9.75 Å². The lowest BCUT2D eigenvalue weighted by molar-refractivity contribution is 0.102. The number of thiazole rings is 1. The SMILES string of the molecule is O=C(Nc1ccc(-c2nc3ccc(NC(=O)c4cccs4)cc3s2)cc1)c1cccs1. The molecular formula is C23H15N3O2S3. The van der Waals surface area contributed by atoms with E-state index in [1.165, 1.54) is 22.7 Å². The van der Waals surface area contributed by atoms with Gasteiger partial charge in [-0.2, -0.15) is 0 Å². The van der Waals surface area contributed by atoms with Gasteiger partial charge in [-0.05, 0) is 65.4 Å². The molecule has 5 nitrogen and oxygen atoms in total. The molecule has 2 amide bonds. The van der Waals surface area contributed by atoms with Gasteiger partial charge in [-0.25, -0.2) is 4.98 Å². The topological polar surface area (TPSA) is 71.1 Å². The first-order valence-corrected chi connectivity index (χ1v) is 11.9. The summed E-state index contributed by atoms with van der Waals surface area (Å²) in [5.74, 6) is -0.223. The summed E-state index contributed by atoms with van der Waals surface area (Å²) in [6.45, 7) is 0. The van der Waals surface area contributed by atoms with Crippen molar-refractivity contribution in [2.24, 2.45) is 0 Å². The minimum atomic E-state index is -0.112. The van der Waals surface area contributed by atoms with Crippen molar-refractivity contribution in [2.75, 3.05) is 10.6 Å². The van der Waals surface area contributed by atoms with E-state index in [-0.39, 0.29) is 11.8 Å². The Kier molecular flexibility index (Phi) is 5.33. The van der Waals surface area contributed by atoms with Crippen molar-refractivity contribution in [3.05, 3.63) is 87.2 Å². The van der Waals surface area contributed by atoms with Crippen molar-refractivity contribution >= 4 is 67.4 Å². The predicted octanol–water partition coefficient (Wildman–Crippen LogP) is 6.59. The molecule has 3 aromatic heterocycles. The Morgan fingerprint density at radius 1 is 0.742 bits per heavy atom. The van der Waals surface area contributed by atoms with Crippen LogP contribution in [0.15, 0.2) is 77.5 Å². The van der Waals surface area contributed by atoms with Gasteiger partial charge in [0.25, 0.3) is 11.8 Å². The fraction of sp³-hybridized carbons (Fsp3) is 0. The van der Waals surface area contributed by atoms with Crippen molar-refractivity contribution < 1.29 is 9.59 Å². The fourth-order valence-electron chi connectivity index (χ4n) is 3.02. The number of thiophene rings is 2. The third-order valence-corrected chi connectivity index (χ3v) is 7.33. The summed E-state index contributed by atoms with van der Waals surface area (Å²) in [5.41, 5.74) is 3.33. The fourth-order valence-corrected chi connectivity index (χ4v) is 5.27. The molecule has 152 valence electrons. The highest BCUT2D eigenvalue weighted by molar-refractivity contribution is 7.21. The van der Waals surface area contributed by atoms with Crippen LogP contribution in [-0.4, -0.2) is 16.8 Å². The summed E-state index contributed by atoms with van der Waals surface area (Å²) in [6.07, 6.45) is 0. The highest BCUT2D eigenvalue weighted by Crippen LogP contribution is 2.32. The number of aromatic nitrogens is 1. The molecule has 0 fully saturated rings. The Bertz CT molecular complexity index is 1360. The second-order valence-corrected chi connectivity index (χ2v) is 9.57. The predicted molar refractivity (Wildman–Crippen MR) is 130 cm³/mol. The average molecular weight is 462 g/mol. The molecule has 0 spiro atoms. The molecule has 0 bridgehead atoms. The zero-order chi connectivity index (χ0) is 21.2. The monoisotopic (exact) mass is 461 g/mol. The van der Waals surface area contributed by atoms with Crippen LogP contribution >= 0.6 is 34.0 Å². The lowest BCUT2D eigenvalue weighted by Crippen LogP contribution is -2.09. The maximum atomic E-state index is 12.3. The molecule has 0 radical (unpaired) electrons. The third kappa shape index (κ3) is 4.27. The molecule has 0 unspecified atom stereocenters. The Balaban J connectivity index is 1.33. The highest BCUT2D eigenvalue weighted by atomic mass is 32.1. The Morgan fingerprint density at radius 2 is 1.35 bits per heavy atom. The van der Waals surface area contributed by atoms with Gasteiger partial charge in [-0.1, -0.05) is 12.1 Å². The van der Waals surface area contributed by atoms with Gasteiger partial charge in [-0.15, -0.1) is 34.0 Å². The van der Waals surface area contributed by atoms with E-state index in [1.807, 2.05) is 65.4 Å². The summed E-state index contributed by atoms with van der Waals surface area (Å²) >= 11 is 4.38. The second kappa shape index (κ2) is 8.43. The van der Waals surface area contributed by atoms with Crippen molar-refractivity contribution in [1.29, 1.82) is 0 Å². The number of anilines is 2. The van der Waals surface area contributed by atoms with Crippen LogP contribution in [0.1, 0.15) is 19.3 Å². The standard InChI is InChI=1S/C23H15N3O2S3/c27-21(18-3-1-11-29-18)24-15-7-5-14(6-8-15)23-26-17-10-9-16(13-20(17)31-23)25-22(28)19-4-2-12-30-19/h1-13H,(H,24,27)(H,25,28). The molecule has 2 N–H and O–H groups in total. The molecule has 3 heterocycles. The number of hydrogen-bond donors (Lipinski definition) is 2. The molecule has 2 aromatic carbocycles. The van der Waals surface area contributed by atoms with E-state index in [4.69, 9.17) is 4.98 Å². The van der Waals surface area contributed by atoms with Crippen molar-refractivity contribution in [3.8, 4) is 10.6 Å². The summed E-state index contributed by atoms with van der Waals surface area (Å²) < 4.78 is 0.994. The normalized spacial score (nSPS) is 10.8. The quantitative estimate of drug-likeness (QED) is 0.310. The minimum absolute atomic E-state index is 0.111. The van der Waals surface area contributed by atoms with Gasteiger partial charge in [0.1, 0.15) is 5.01 Å². The number of carbonyl (C=O) groups is 2. The van der Waals surface area contributed by atoms with Crippen LogP contribution in [0.5, 0.6) is 0 Å². The van der Waals surface area contributed by atoms with Crippen molar-refractivity contribution in [1.82, 2.24) is 4.98 Å². The van der Waals surface area contributed by atoms with E-state index in [0.717, 1.165) is 32.2 Å². The zero-order valence-electron chi connectivity index (χ0n) is 16.0. The van der Waals surface area contributed by atoms with Crippen LogP contribution in [-0.2, 0) is 0 Å². The number of fused-ring (bicyclic) bond motifs is 1. The molecule has 0 aliphatic heterocycles. The Morgan fingerprint density at radius 3 is 1.97 bits per heavy atom. The van der Waals surface area contributed by atoms with E-state index >= 15 is 0 Å². The van der Waals surface area contributed by atoms with Gasteiger partial charge in [0.2, 0.25) is 0 Å². The van der Waals surface area contributed by atoms with Gasteiger partial charge in [-0.3, -0.25) is 9.59 Å². The van der Waals surface area contributed by atoms with Crippen molar-refractivity contribution in [2.45, 2.75) is 0 Å². The van der Waals surface area contributed by atoms with Crippen LogP contribution in [0.2, 0.25) is 0 Å². The summed E-state index contributed by atoms with van der Waals surface area (Å²) in [5, 5.41) is 10.5. The zero-order valence-corrected chi connectivity index (χ0v) is 18.4. The maximum absolute atomic E-state index is 12.3. The molecule has 31 heavy (non-hydrogen) atoms. The van der Waals surface area contributed by atoms with Gasteiger partial charge in [0.15, 0.2) is 0 Å². The largest absolute Gasteiger partial charge is 0.321 e. The number of hydrogen-bond acceptors (Lipinski definition) is 6. The number of benzene rings is 2. The average Bonchev–Trinajstić information content (AvgIpc) is 3.55. The molecule has 0 aliphatic carbocycles. The van der Waals surface area contributed by atoms with Crippen LogP contribution in [0.4, 0.5) is 11.4 Å². The highest BCUT2D eigenvalue weighted by Gasteiger charge is 2.11. The second-order valence-electron chi connectivity index (χ2n) is 6.64. The molecule has 5 rings (SSSR count). The van der Waals surface area contributed by atoms with Gasteiger partial charge < -0.3 is 10.6 Å². The van der Waals surface area contributed by atoms with Crippen molar-refractivity contribution in [3.63, 3.8) is 0 Å². The van der Waals surface area contributed by atoms with Crippen LogP contribution in [0.25, 0.3) is 20.8 Å². The molecule has 0 aliphatic rings. The van der Waals surface area contributed by atoms with Gasteiger partial charge >= 0.3 is 0 Å². The lowest BCUT2D eigenvalue weighted by Gasteiger charge is -2.04. The summed E-state index contributed by atoms with van der Waals surface area (Å²) in [7, 11) is 0. The minimum Gasteiger partial charge on any atom is -0.321 e. The molecule has 8 heteroatoms. The van der Waals surface area contributed by atoms with Gasteiger partial charge in [0.05, 0.1) is 20.0 Å². The number of carbonyl (C=O) groups excluding carboxylic acids is 2. The summed E-state index contributed by atoms with van der Waals surface area (Å²) in [6, 6.07) is 20.7. The Hall–Kier alpha value is -3.33. The lowest BCUT2D eigenvalue weighted by atomic mass is 10.2. The molecular weight excluding hydrogens is 446 g/mol. The van der Waals surface area contributed by atoms with Crippen LogP contribution in [0.3, 0.4) is 0 Å². The molecule has 0 atom stereocenters. The van der Waals surface area contributed by atoms with E-state index in [9.17, 15) is 9.59 Å². The summed E-state index contributed by atoms with van der Waals surface area (Å²) in [4.78, 5) is 30.5. The number of amides is 2. The number of nitrogens with one attached hydrogen (secondary N) is 2. The maximum Gasteiger partial charge on any atom is 0.265 e. The smallest absolute Gasteiger partial charge is 0.265 e. The van der Waals surface area contributed by atoms with E-state index in [2.05, 4.69) is 10.6 Å². The number of nitrogens with zero attached hydrogens (tertiary/aromatic N) is 1. The van der Waals surface area contributed by atoms with Gasteiger partial charge in [0, 0.05) is 16.9 Å². The van der Waals surface area contributed by atoms with Crippen LogP contribution in [0, 0.1) is 0 Å². The first-order valence-electron chi connectivity index (χ1n) is 9.36. The van der Waals surface area contributed by atoms with E-state index in [1.54, 1.807) is 23.5 Å².